The number of hydrogen-bond donors (Lipinski definition) is 2. The van der Waals surface area contributed by atoms with Crippen LogP contribution in [-0.4, -0.2) is 26.9 Å². The molecule has 7 heteroatoms. The highest BCUT2D eigenvalue weighted by atomic mass is 32.2. The highest BCUT2D eigenvalue weighted by Gasteiger charge is 2.21. The highest BCUT2D eigenvalue weighted by molar-refractivity contribution is 7.89. The molecule has 1 saturated carbocycles. The van der Waals surface area contributed by atoms with Crippen LogP contribution in [0.3, 0.4) is 0 Å². The quantitative estimate of drug-likeness (QED) is 0.844. The van der Waals surface area contributed by atoms with Gasteiger partial charge in [-0.05, 0) is 25.0 Å². The maximum atomic E-state index is 12.1. The number of nitriles is 1. The lowest BCUT2D eigenvalue weighted by Gasteiger charge is -2.12. The molecule has 0 atom stereocenters. The molecule has 0 aliphatic heterocycles. The summed E-state index contributed by atoms with van der Waals surface area (Å²) in [5.74, 6) is -0.347. The summed E-state index contributed by atoms with van der Waals surface area (Å²) in [5, 5.41) is 11.7. The van der Waals surface area contributed by atoms with Crippen LogP contribution in [0.2, 0.25) is 0 Å². The van der Waals surface area contributed by atoms with Gasteiger partial charge in [-0.3, -0.25) is 4.79 Å². The molecule has 1 aliphatic carbocycles. The third-order valence-corrected chi connectivity index (χ3v) is 4.90. The predicted octanol–water partition coefficient (Wildman–Crippen LogP) is 0.895. The molecule has 6 nitrogen and oxygen atoms in total. The molecule has 2 rings (SSSR count). The maximum Gasteiger partial charge on any atom is 0.242 e. The number of nitrogens with zero attached hydrogens (tertiary/aromatic N) is 1. The van der Waals surface area contributed by atoms with E-state index in [1.54, 1.807) is 6.07 Å². The number of carbonyl (C=O) groups is 1. The molecule has 0 spiro atoms. The minimum atomic E-state index is -3.87. The van der Waals surface area contributed by atoms with Crippen molar-refractivity contribution in [1.82, 2.24) is 10.0 Å². The van der Waals surface area contributed by atoms with E-state index in [2.05, 4.69) is 10.0 Å². The Morgan fingerprint density at radius 2 is 1.95 bits per heavy atom. The summed E-state index contributed by atoms with van der Waals surface area (Å²) >= 11 is 0. The van der Waals surface area contributed by atoms with E-state index in [-0.39, 0.29) is 29.0 Å². The zero-order chi connectivity index (χ0) is 15.3. The fourth-order valence-electron chi connectivity index (χ4n) is 2.38. The first-order valence-corrected chi connectivity index (χ1v) is 8.29. The van der Waals surface area contributed by atoms with Gasteiger partial charge in [0, 0.05) is 6.04 Å². The van der Waals surface area contributed by atoms with Crippen LogP contribution < -0.4 is 10.0 Å². The van der Waals surface area contributed by atoms with Crippen molar-refractivity contribution in [3.63, 3.8) is 0 Å². The van der Waals surface area contributed by atoms with Crippen LogP contribution in [-0.2, 0) is 14.8 Å². The standard InChI is InChI=1S/C14H17N3O3S/c15-9-11-5-1-4-8-13(11)21(19,20)16-10-14(18)17-12-6-2-3-7-12/h1,4-5,8,12,16H,2-3,6-7,10H2,(H,17,18). The van der Waals surface area contributed by atoms with Gasteiger partial charge in [-0.15, -0.1) is 0 Å². The Labute approximate surface area is 124 Å². The molecular weight excluding hydrogens is 290 g/mol. The summed E-state index contributed by atoms with van der Waals surface area (Å²) in [6.07, 6.45) is 4.06. The second-order valence-electron chi connectivity index (χ2n) is 4.98. The first kappa shape index (κ1) is 15.5. The second-order valence-corrected chi connectivity index (χ2v) is 6.72. The Kier molecular flexibility index (Phi) is 4.94. The van der Waals surface area contributed by atoms with E-state index in [0.29, 0.717) is 0 Å². The molecule has 0 saturated heterocycles. The van der Waals surface area contributed by atoms with Crippen molar-refractivity contribution < 1.29 is 13.2 Å². The van der Waals surface area contributed by atoms with Crippen molar-refractivity contribution in [2.24, 2.45) is 0 Å². The molecule has 0 radical (unpaired) electrons. The van der Waals surface area contributed by atoms with Crippen molar-refractivity contribution in [2.75, 3.05) is 6.54 Å². The second kappa shape index (κ2) is 6.70. The first-order chi connectivity index (χ1) is 10.0. The van der Waals surface area contributed by atoms with Crippen molar-refractivity contribution in [1.29, 1.82) is 5.26 Å². The summed E-state index contributed by atoms with van der Waals surface area (Å²) < 4.78 is 26.5. The van der Waals surface area contributed by atoms with Gasteiger partial charge < -0.3 is 5.32 Å². The molecule has 21 heavy (non-hydrogen) atoms. The van der Waals surface area contributed by atoms with Crippen LogP contribution in [0.5, 0.6) is 0 Å². The fraction of sp³-hybridized carbons (Fsp3) is 0.429. The number of hydrogen-bond acceptors (Lipinski definition) is 4. The minimum Gasteiger partial charge on any atom is -0.352 e. The third-order valence-electron chi connectivity index (χ3n) is 3.44. The van der Waals surface area contributed by atoms with Crippen LogP contribution in [0.1, 0.15) is 31.2 Å². The van der Waals surface area contributed by atoms with E-state index < -0.39 is 10.0 Å². The molecule has 0 heterocycles. The Hall–Kier alpha value is -1.91. The topological polar surface area (TPSA) is 99.1 Å². The first-order valence-electron chi connectivity index (χ1n) is 6.81. The van der Waals surface area contributed by atoms with Crippen molar-refractivity contribution >= 4 is 15.9 Å². The fourth-order valence-corrected chi connectivity index (χ4v) is 3.52. The summed E-state index contributed by atoms with van der Waals surface area (Å²) in [5.41, 5.74) is 0.0567. The van der Waals surface area contributed by atoms with E-state index in [1.807, 2.05) is 6.07 Å². The van der Waals surface area contributed by atoms with Crippen LogP contribution in [0.15, 0.2) is 29.2 Å². The van der Waals surface area contributed by atoms with Gasteiger partial charge in [0.05, 0.1) is 17.0 Å². The zero-order valence-corrected chi connectivity index (χ0v) is 12.3. The molecule has 1 amide bonds. The van der Waals surface area contributed by atoms with Crippen molar-refractivity contribution in [3.8, 4) is 6.07 Å². The van der Waals surface area contributed by atoms with Gasteiger partial charge in [0.15, 0.2) is 0 Å². The van der Waals surface area contributed by atoms with Gasteiger partial charge in [0.25, 0.3) is 0 Å². The van der Waals surface area contributed by atoms with Crippen molar-refractivity contribution in [2.45, 2.75) is 36.6 Å². The zero-order valence-electron chi connectivity index (χ0n) is 11.5. The highest BCUT2D eigenvalue weighted by Crippen LogP contribution is 2.17. The number of amides is 1. The monoisotopic (exact) mass is 307 g/mol. The molecule has 0 aromatic heterocycles. The smallest absolute Gasteiger partial charge is 0.242 e. The minimum absolute atomic E-state index is 0.0567. The Bertz CT molecular complexity index is 658. The van der Waals surface area contributed by atoms with E-state index in [4.69, 9.17) is 5.26 Å². The number of rotatable bonds is 5. The molecule has 0 unspecified atom stereocenters. The Balaban J connectivity index is 1.98. The van der Waals surface area contributed by atoms with E-state index in [1.165, 1.54) is 18.2 Å². The molecular formula is C14H17N3O3S. The summed E-state index contributed by atoms with van der Waals surface area (Å²) in [7, 11) is -3.87. The lowest BCUT2D eigenvalue weighted by atomic mass is 10.2. The summed E-state index contributed by atoms with van der Waals surface area (Å²) in [6.45, 7) is -0.321. The molecule has 1 aromatic carbocycles. The summed E-state index contributed by atoms with van der Waals surface area (Å²) in [4.78, 5) is 11.6. The molecule has 112 valence electrons. The maximum absolute atomic E-state index is 12.1. The molecule has 0 bridgehead atoms. The van der Waals surface area contributed by atoms with E-state index in [9.17, 15) is 13.2 Å². The Morgan fingerprint density at radius 3 is 2.62 bits per heavy atom. The number of benzene rings is 1. The van der Waals surface area contributed by atoms with Crippen molar-refractivity contribution in [3.05, 3.63) is 29.8 Å². The van der Waals surface area contributed by atoms with Crippen LogP contribution in [0.4, 0.5) is 0 Å². The van der Waals surface area contributed by atoms with Gasteiger partial charge in [0.1, 0.15) is 6.07 Å². The van der Waals surface area contributed by atoms with Gasteiger partial charge in [-0.25, -0.2) is 13.1 Å². The average molecular weight is 307 g/mol. The summed E-state index contributed by atoms with van der Waals surface area (Å²) in [6, 6.07) is 7.87. The molecule has 1 fully saturated rings. The third kappa shape index (κ3) is 4.03. The average Bonchev–Trinajstić information content (AvgIpc) is 2.98. The number of nitrogens with one attached hydrogen (secondary N) is 2. The van der Waals surface area contributed by atoms with Crippen LogP contribution in [0.25, 0.3) is 0 Å². The number of sulfonamides is 1. The Morgan fingerprint density at radius 1 is 1.29 bits per heavy atom. The normalized spacial score (nSPS) is 15.6. The van der Waals surface area contributed by atoms with Gasteiger partial charge in [0.2, 0.25) is 15.9 Å². The molecule has 2 N–H and O–H groups in total. The largest absolute Gasteiger partial charge is 0.352 e. The van der Waals surface area contributed by atoms with Gasteiger partial charge >= 0.3 is 0 Å². The van der Waals surface area contributed by atoms with Crippen LogP contribution >= 0.6 is 0 Å². The van der Waals surface area contributed by atoms with E-state index in [0.717, 1.165) is 25.7 Å². The SMILES string of the molecule is N#Cc1ccccc1S(=O)(=O)NCC(=O)NC1CCCC1. The number of carbonyl (C=O) groups excluding carboxylic acids is 1. The van der Waals surface area contributed by atoms with Gasteiger partial charge in [-0.2, -0.15) is 5.26 Å². The lowest BCUT2D eigenvalue weighted by Crippen LogP contribution is -2.41. The van der Waals surface area contributed by atoms with Crippen LogP contribution in [0, 0.1) is 11.3 Å². The molecule has 1 aromatic rings. The van der Waals surface area contributed by atoms with Gasteiger partial charge in [-0.1, -0.05) is 25.0 Å². The lowest BCUT2D eigenvalue weighted by molar-refractivity contribution is -0.120. The molecule has 1 aliphatic rings. The predicted molar refractivity (Wildman–Crippen MR) is 76.7 cm³/mol. The van der Waals surface area contributed by atoms with E-state index >= 15 is 0 Å².